The molecule has 42 heavy (non-hydrogen) atoms. The number of anilines is 1. The van der Waals surface area contributed by atoms with Crippen molar-refractivity contribution in [1.29, 1.82) is 0 Å². The van der Waals surface area contributed by atoms with E-state index in [0.29, 0.717) is 30.5 Å². The van der Waals surface area contributed by atoms with Crippen molar-refractivity contribution in [3.05, 3.63) is 82.7 Å². The molecule has 1 aliphatic heterocycles. The molecule has 1 aromatic carbocycles. The first-order valence-corrected chi connectivity index (χ1v) is 15.1. The number of benzene rings is 1. The number of carbonyl (C=O) groups excluding carboxylic acids is 1. The normalized spacial score (nSPS) is 20.5. The Labute approximate surface area is 246 Å². The summed E-state index contributed by atoms with van der Waals surface area (Å²) in [5, 5.41) is 14.6. The summed E-state index contributed by atoms with van der Waals surface area (Å²) in [7, 11) is 0. The van der Waals surface area contributed by atoms with E-state index in [2.05, 4.69) is 21.1 Å². The molecule has 220 valence electrons. The molecule has 8 nitrogen and oxygen atoms in total. The van der Waals surface area contributed by atoms with Crippen LogP contribution in [0.15, 0.2) is 48.8 Å². The van der Waals surface area contributed by atoms with Gasteiger partial charge in [0, 0.05) is 53.9 Å². The summed E-state index contributed by atoms with van der Waals surface area (Å²) < 4.78 is 15.7. The van der Waals surface area contributed by atoms with Crippen LogP contribution in [0, 0.1) is 19.7 Å². The first-order valence-electron chi connectivity index (χ1n) is 15.1. The van der Waals surface area contributed by atoms with Crippen LogP contribution in [0.3, 0.4) is 0 Å². The predicted molar refractivity (Wildman–Crippen MR) is 161 cm³/mol. The number of aliphatic hydroxyl groups excluding tert-OH is 1. The van der Waals surface area contributed by atoms with Gasteiger partial charge in [-0.3, -0.25) is 9.78 Å². The smallest absolute Gasteiger partial charge is 0.253 e. The number of carbonyl (C=O) groups is 1. The fourth-order valence-electron chi connectivity index (χ4n) is 6.63. The van der Waals surface area contributed by atoms with Crippen molar-refractivity contribution >= 4 is 22.9 Å². The second kappa shape index (κ2) is 11.8. The van der Waals surface area contributed by atoms with Crippen LogP contribution in [-0.2, 0) is 0 Å². The second-order valence-electron chi connectivity index (χ2n) is 12.0. The average molecular weight is 571 g/mol. The summed E-state index contributed by atoms with van der Waals surface area (Å²) in [6.45, 7) is 7.25. The minimum Gasteiger partial charge on any atom is -0.393 e. The third-order valence-corrected chi connectivity index (χ3v) is 8.93. The highest BCUT2D eigenvalue weighted by atomic mass is 19.1. The van der Waals surface area contributed by atoms with E-state index in [1.54, 1.807) is 12.1 Å². The number of aryl methyl sites for hydroxylation is 2. The molecule has 6 rings (SSSR count). The van der Waals surface area contributed by atoms with Crippen molar-refractivity contribution in [1.82, 2.24) is 24.4 Å². The van der Waals surface area contributed by atoms with Gasteiger partial charge < -0.3 is 19.9 Å². The van der Waals surface area contributed by atoms with Crippen LogP contribution >= 0.6 is 0 Å². The zero-order valence-corrected chi connectivity index (χ0v) is 24.6. The number of aromatic nitrogens is 4. The number of aliphatic hydroxyl groups is 1. The minimum absolute atomic E-state index is 0.0690. The van der Waals surface area contributed by atoms with Gasteiger partial charge in [0.15, 0.2) is 0 Å². The lowest BCUT2D eigenvalue weighted by atomic mass is 9.89. The molecule has 1 atom stereocenters. The Hall–Kier alpha value is -3.85. The molecule has 4 aromatic rings. The van der Waals surface area contributed by atoms with Crippen molar-refractivity contribution in [2.75, 3.05) is 18.4 Å². The van der Waals surface area contributed by atoms with E-state index in [-0.39, 0.29) is 29.9 Å². The number of nitrogens with one attached hydrogen (secondary N) is 1. The third kappa shape index (κ3) is 5.88. The number of rotatable bonds is 6. The Morgan fingerprint density at radius 1 is 1.00 bits per heavy atom. The van der Waals surface area contributed by atoms with Crippen LogP contribution in [0.2, 0.25) is 0 Å². The molecule has 0 spiro atoms. The average Bonchev–Trinajstić information content (AvgIpc) is 3.36. The van der Waals surface area contributed by atoms with Gasteiger partial charge in [-0.1, -0.05) is 12.1 Å². The van der Waals surface area contributed by atoms with Crippen LogP contribution in [-0.4, -0.2) is 54.6 Å². The molecule has 1 amide bonds. The number of halogens is 1. The van der Waals surface area contributed by atoms with Gasteiger partial charge in [0.1, 0.15) is 11.5 Å². The molecule has 4 heterocycles. The molecule has 2 aliphatic rings. The first-order chi connectivity index (χ1) is 20.2. The van der Waals surface area contributed by atoms with Gasteiger partial charge in [-0.25, -0.2) is 9.37 Å². The number of piperidine rings is 1. The maximum atomic E-state index is 13.4. The number of amides is 1. The van der Waals surface area contributed by atoms with Crippen LogP contribution in [0.5, 0.6) is 0 Å². The predicted octanol–water partition coefficient (Wildman–Crippen LogP) is 6.25. The summed E-state index contributed by atoms with van der Waals surface area (Å²) in [6, 6.07) is 10.4. The Balaban J connectivity index is 1.25. The summed E-state index contributed by atoms with van der Waals surface area (Å²) in [6.07, 6.45) is 9.07. The summed E-state index contributed by atoms with van der Waals surface area (Å²) in [5.74, 6) is 0.641. The minimum atomic E-state index is -0.260. The molecular formula is C33H39FN6O2. The number of nitrogens with zero attached hydrogens (tertiary/aromatic N) is 5. The van der Waals surface area contributed by atoms with Crippen LogP contribution < -0.4 is 5.32 Å². The van der Waals surface area contributed by atoms with E-state index in [4.69, 9.17) is 9.97 Å². The van der Waals surface area contributed by atoms with E-state index in [0.717, 1.165) is 66.5 Å². The Morgan fingerprint density at radius 2 is 1.67 bits per heavy atom. The van der Waals surface area contributed by atoms with Crippen LogP contribution in [0.25, 0.3) is 11.0 Å². The van der Waals surface area contributed by atoms with E-state index in [1.807, 2.05) is 44.0 Å². The molecule has 1 saturated heterocycles. The summed E-state index contributed by atoms with van der Waals surface area (Å²) in [4.78, 5) is 29.3. The zero-order valence-electron chi connectivity index (χ0n) is 24.6. The first kappa shape index (κ1) is 28.3. The quantitative estimate of drug-likeness (QED) is 0.284. The molecule has 9 heteroatoms. The van der Waals surface area contributed by atoms with Gasteiger partial charge in [-0.2, -0.15) is 4.98 Å². The number of hydrogen-bond acceptors (Lipinski definition) is 6. The van der Waals surface area contributed by atoms with E-state index >= 15 is 0 Å². The lowest BCUT2D eigenvalue weighted by Gasteiger charge is -2.32. The van der Waals surface area contributed by atoms with Gasteiger partial charge in [0.2, 0.25) is 5.95 Å². The molecule has 2 fully saturated rings. The largest absolute Gasteiger partial charge is 0.393 e. The number of likely N-dealkylation sites (tertiary alicyclic amines) is 1. The lowest BCUT2D eigenvalue weighted by molar-refractivity contribution is 0.0712. The Kier molecular flexibility index (Phi) is 7.94. The van der Waals surface area contributed by atoms with E-state index in [9.17, 15) is 14.3 Å². The van der Waals surface area contributed by atoms with Crippen molar-refractivity contribution < 1.29 is 14.3 Å². The van der Waals surface area contributed by atoms with E-state index in [1.165, 1.54) is 17.7 Å². The van der Waals surface area contributed by atoms with Crippen LogP contribution in [0.1, 0.15) is 96.3 Å². The van der Waals surface area contributed by atoms with Crippen LogP contribution in [0.4, 0.5) is 10.3 Å². The number of fused-ring (bicyclic) bond motifs is 1. The van der Waals surface area contributed by atoms with Gasteiger partial charge in [-0.15, -0.1) is 0 Å². The monoisotopic (exact) mass is 570 g/mol. The summed E-state index contributed by atoms with van der Waals surface area (Å²) >= 11 is 0. The molecule has 0 unspecified atom stereocenters. The number of hydrogen-bond donors (Lipinski definition) is 2. The number of pyridine rings is 1. The Morgan fingerprint density at radius 3 is 2.33 bits per heavy atom. The lowest BCUT2D eigenvalue weighted by Crippen LogP contribution is -2.38. The topological polar surface area (TPSA) is 96.2 Å². The highest BCUT2D eigenvalue weighted by Gasteiger charge is 2.30. The maximum absolute atomic E-state index is 13.4. The Bertz CT molecular complexity index is 1550. The van der Waals surface area contributed by atoms with Crippen molar-refractivity contribution in [2.45, 2.75) is 83.4 Å². The fraction of sp³-hybridized carbons (Fsp3) is 0.455. The van der Waals surface area contributed by atoms with Gasteiger partial charge in [0.05, 0.1) is 12.1 Å². The molecule has 2 N–H and O–H groups in total. The fourth-order valence-corrected chi connectivity index (χ4v) is 6.63. The molecule has 1 saturated carbocycles. The molecule has 0 radical (unpaired) electrons. The zero-order chi connectivity index (χ0) is 29.4. The third-order valence-electron chi connectivity index (χ3n) is 8.93. The molecule has 1 aliphatic carbocycles. The van der Waals surface area contributed by atoms with Gasteiger partial charge >= 0.3 is 0 Å². The van der Waals surface area contributed by atoms with E-state index < -0.39 is 0 Å². The van der Waals surface area contributed by atoms with Gasteiger partial charge in [0.25, 0.3) is 5.91 Å². The highest BCUT2D eigenvalue weighted by molar-refractivity contribution is 5.94. The second-order valence-corrected chi connectivity index (χ2v) is 12.0. The molecule has 0 bridgehead atoms. The van der Waals surface area contributed by atoms with Gasteiger partial charge in [-0.05, 0) is 101 Å². The molecule has 3 aromatic heterocycles. The van der Waals surface area contributed by atoms with Crippen molar-refractivity contribution in [2.24, 2.45) is 0 Å². The highest BCUT2D eigenvalue weighted by Crippen LogP contribution is 2.38. The van der Waals surface area contributed by atoms with Crippen molar-refractivity contribution in [3.63, 3.8) is 0 Å². The summed E-state index contributed by atoms with van der Waals surface area (Å²) in [5.41, 5.74) is 5.51. The standard InChI is InChI=1S/C33H39FN6O2/c1-20-16-25(17-21(2)36-20)32(42)39-14-12-24(13-15-39)30-19-40(27-8-10-28(41)11-9-27)31-29(30)18-35-33(38-31)37-22(3)23-4-6-26(34)7-5-23/h4-7,16-19,22,24,27-28,41H,8-15H2,1-3H3,(H,35,37,38)/t22-,27?,28?/m0/s1. The van der Waals surface area contributed by atoms with Crippen molar-refractivity contribution in [3.8, 4) is 0 Å². The molecular weight excluding hydrogens is 531 g/mol. The maximum Gasteiger partial charge on any atom is 0.253 e. The SMILES string of the molecule is Cc1cc(C(=O)N2CCC(c3cn(C4CCC(O)CC4)c4nc(N[C@@H](C)c5ccc(F)cc5)ncc34)CC2)cc(C)n1.